The number of aromatic nitrogens is 3. The third-order valence-corrected chi connectivity index (χ3v) is 24.5. The third kappa shape index (κ3) is 11.0. The summed E-state index contributed by atoms with van der Waals surface area (Å²) >= 11 is 0. The van der Waals surface area contributed by atoms with Gasteiger partial charge in [-0.25, -0.2) is 0 Å². The fraction of sp³-hybridized carbons (Fsp3) is 0. The van der Waals surface area contributed by atoms with Gasteiger partial charge in [0.1, 0.15) is 0 Å². The van der Waals surface area contributed by atoms with E-state index in [1.54, 1.807) is 0 Å². The minimum absolute atomic E-state index is 1.17. The van der Waals surface area contributed by atoms with Crippen LogP contribution in [0.15, 0.2) is 443 Å². The van der Waals surface area contributed by atoms with Gasteiger partial charge in [0.15, 0.2) is 0 Å². The van der Waals surface area contributed by atoms with E-state index < -0.39 is 0 Å². The van der Waals surface area contributed by atoms with E-state index in [1.807, 2.05) is 0 Å². The number of hydrogen-bond donors (Lipinski definition) is 0. The van der Waals surface area contributed by atoms with Crippen LogP contribution in [0.3, 0.4) is 0 Å². The zero-order valence-electron chi connectivity index (χ0n) is 64.0. The molecular weight excluding hydrogens is 1410 g/mol. The molecule has 3 heterocycles. The predicted octanol–water partition coefficient (Wildman–Crippen LogP) is 31.4. The van der Waals surface area contributed by atoms with Gasteiger partial charge in [-0.15, -0.1) is 0 Å². The maximum absolute atomic E-state index is 2.42. The van der Waals surface area contributed by atoms with Gasteiger partial charge in [0, 0.05) is 54.9 Å². The zero-order valence-corrected chi connectivity index (χ0v) is 64.0. The first-order valence-electron chi connectivity index (χ1n) is 40.5. The number of rotatable bonds is 7. The first-order chi connectivity index (χ1) is 58.1. The number of para-hydroxylation sites is 7. The summed E-state index contributed by atoms with van der Waals surface area (Å²) < 4.78 is 7.19. The van der Waals surface area contributed by atoms with E-state index in [0.717, 1.165) is 0 Å². The summed E-state index contributed by atoms with van der Waals surface area (Å²) in [4.78, 5) is 0. The van der Waals surface area contributed by atoms with Crippen LogP contribution in [0.5, 0.6) is 0 Å². The molecule has 0 fully saturated rings. The maximum atomic E-state index is 2.42. The second kappa shape index (κ2) is 27.8. The van der Waals surface area contributed by atoms with E-state index in [4.69, 9.17) is 0 Å². The highest BCUT2D eigenvalue weighted by atomic mass is 15.0. The Labute approximate surface area is 675 Å². The maximum Gasteiger partial charge on any atom is 0.0619 e. The molecular formula is C114H73N3. The Hall–Kier alpha value is -15.4. The second-order valence-electron chi connectivity index (χ2n) is 30.8. The molecule has 3 nitrogen and oxygen atoms in total. The molecule has 0 unspecified atom stereocenters. The summed E-state index contributed by atoms with van der Waals surface area (Å²) in [5, 5.41) is 31.2. The van der Waals surface area contributed by atoms with Gasteiger partial charge in [0.05, 0.1) is 33.1 Å². The summed E-state index contributed by atoms with van der Waals surface area (Å²) in [6.07, 6.45) is 0. The van der Waals surface area contributed by atoms with Crippen LogP contribution in [0.25, 0.3) is 224 Å². The van der Waals surface area contributed by atoms with E-state index in [9.17, 15) is 0 Å². The molecule has 0 aliphatic heterocycles. The SMILES string of the molecule is c1cc(-c2ccc3c4ccccc4c4ccccc4c3c2)cc(-n2c3ccccc3c3ccccc32)c1.c1ccc(-n2c3ccccc3c3c(-c4ccc5c6ccccc6c6ccccc6c5c4)cccc32)cc1.c1ccc(-n2c3ccccc3c3cccc(-c4cccc(-c5ccc6c7ccccc7c7ccccc7c6c5)c4)c32)cc1. The Morgan fingerprint density at radius 2 is 0.376 bits per heavy atom. The topological polar surface area (TPSA) is 14.8 Å². The third-order valence-electron chi connectivity index (χ3n) is 24.5. The summed E-state index contributed by atoms with van der Waals surface area (Å²) in [7, 11) is 0. The van der Waals surface area contributed by atoms with Gasteiger partial charge in [0.25, 0.3) is 0 Å². The first-order valence-corrected chi connectivity index (χ1v) is 40.5. The fourth-order valence-corrected chi connectivity index (χ4v) is 19.4. The van der Waals surface area contributed by atoms with Crippen molar-refractivity contribution >= 4 is 162 Å². The average Bonchev–Trinajstić information content (AvgIpc) is 1.72. The van der Waals surface area contributed by atoms with Gasteiger partial charge in [0.2, 0.25) is 0 Å². The number of hydrogen-bond acceptors (Lipinski definition) is 0. The van der Waals surface area contributed by atoms with Crippen LogP contribution >= 0.6 is 0 Å². The molecule has 117 heavy (non-hydrogen) atoms. The van der Waals surface area contributed by atoms with Crippen molar-refractivity contribution in [2.24, 2.45) is 0 Å². The standard InChI is InChI=1S/C42H27N.2C36H23N/c1-2-14-31(15-3-1)43-41-23-9-8-20-38(41)39-22-11-21-32(42(39)43)30-13-10-12-28(26-30)29-24-25-37-35-18-5-4-16-33(35)34-17-6-7-19-36(34)40(37)27-29;1-2-14-29-27(12-1)28-13-3-4-15-30(28)34-23-25(20-21-31(29)34)24-10-9-11-26(22-24)37-35-18-7-5-16-32(35)33-17-6-8-19-36(33)37;1-2-11-25(12-3-1)37-34-19-9-8-17-32(34)36-26(18-10-20-35(36)37)24-21-22-31-29-15-5-4-13-27(29)28-14-6-7-16-30(28)33(31)23-24/h1-27H;2*1-23H. The highest BCUT2D eigenvalue weighted by Gasteiger charge is 2.22. The van der Waals surface area contributed by atoms with Gasteiger partial charge in [-0.2, -0.15) is 0 Å². The number of benzene rings is 22. The smallest absolute Gasteiger partial charge is 0.0619 e. The summed E-state index contributed by atoms with van der Waals surface area (Å²) in [6.45, 7) is 0. The van der Waals surface area contributed by atoms with E-state index in [-0.39, 0.29) is 0 Å². The lowest BCUT2D eigenvalue weighted by molar-refractivity contribution is 1.18. The Balaban J connectivity index is 0.000000104. The molecule has 0 saturated heterocycles. The Bertz CT molecular complexity index is 8160. The van der Waals surface area contributed by atoms with Crippen molar-refractivity contribution in [1.82, 2.24) is 13.7 Å². The molecule has 0 radical (unpaired) electrons. The molecule has 22 aromatic carbocycles. The molecule has 544 valence electrons. The van der Waals surface area contributed by atoms with E-state index in [1.165, 1.54) is 224 Å². The lowest BCUT2D eigenvalue weighted by atomic mass is 9.91. The van der Waals surface area contributed by atoms with Gasteiger partial charge in [-0.1, -0.05) is 352 Å². The molecule has 0 atom stereocenters. The molecule has 0 bridgehead atoms. The van der Waals surface area contributed by atoms with Crippen LogP contribution in [0.4, 0.5) is 0 Å². The Morgan fingerprint density at radius 1 is 0.120 bits per heavy atom. The Morgan fingerprint density at radius 3 is 0.838 bits per heavy atom. The molecule has 25 rings (SSSR count). The van der Waals surface area contributed by atoms with Crippen molar-refractivity contribution in [2.75, 3.05) is 0 Å². The van der Waals surface area contributed by atoms with Crippen molar-refractivity contribution in [1.29, 1.82) is 0 Å². The zero-order chi connectivity index (χ0) is 77.0. The van der Waals surface area contributed by atoms with Crippen LogP contribution in [0.2, 0.25) is 0 Å². The van der Waals surface area contributed by atoms with Gasteiger partial charge in [-0.05, 0) is 227 Å². The summed E-state index contributed by atoms with van der Waals surface area (Å²) in [5.41, 5.74) is 20.8. The minimum atomic E-state index is 1.17. The first kappa shape index (κ1) is 67.3. The fourth-order valence-electron chi connectivity index (χ4n) is 19.4. The van der Waals surface area contributed by atoms with Crippen molar-refractivity contribution in [2.45, 2.75) is 0 Å². The van der Waals surface area contributed by atoms with Crippen molar-refractivity contribution in [3.8, 4) is 61.6 Å². The molecule has 0 spiro atoms. The monoisotopic (exact) mass is 1480 g/mol. The highest BCUT2D eigenvalue weighted by molar-refractivity contribution is 6.29. The van der Waals surface area contributed by atoms with E-state index >= 15 is 0 Å². The quantitative estimate of drug-likeness (QED) is 0.141. The van der Waals surface area contributed by atoms with Crippen molar-refractivity contribution in [3.05, 3.63) is 443 Å². The van der Waals surface area contributed by atoms with Crippen molar-refractivity contribution in [3.63, 3.8) is 0 Å². The molecule has 3 heteroatoms. The summed E-state index contributed by atoms with van der Waals surface area (Å²) in [5.74, 6) is 0. The molecule has 0 aliphatic rings. The normalized spacial score (nSPS) is 11.8. The van der Waals surface area contributed by atoms with Gasteiger partial charge < -0.3 is 13.7 Å². The molecule has 0 saturated carbocycles. The second-order valence-corrected chi connectivity index (χ2v) is 30.8. The predicted molar refractivity (Wildman–Crippen MR) is 502 cm³/mol. The number of nitrogens with zero attached hydrogens (tertiary/aromatic N) is 3. The number of fused-ring (bicyclic) bond motifs is 27. The summed E-state index contributed by atoms with van der Waals surface area (Å²) in [6, 6.07) is 161. The van der Waals surface area contributed by atoms with Gasteiger partial charge >= 0.3 is 0 Å². The molecule has 0 amide bonds. The molecule has 0 aliphatic carbocycles. The lowest BCUT2D eigenvalue weighted by Crippen LogP contribution is -1.95. The largest absolute Gasteiger partial charge is 0.309 e. The molecule has 0 N–H and O–H groups in total. The minimum Gasteiger partial charge on any atom is -0.309 e. The van der Waals surface area contributed by atoms with E-state index in [2.05, 4.69) is 457 Å². The molecule has 3 aromatic heterocycles. The van der Waals surface area contributed by atoms with Crippen LogP contribution in [-0.4, -0.2) is 13.7 Å². The molecule has 25 aromatic rings. The lowest BCUT2D eigenvalue weighted by Gasteiger charge is -2.14. The van der Waals surface area contributed by atoms with E-state index in [0.29, 0.717) is 0 Å². The van der Waals surface area contributed by atoms with Gasteiger partial charge in [-0.3, -0.25) is 0 Å². The average molecular weight is 1480 g/mol. The van der Waals surface area contributed by atoms with Crippen LogP contribution in [-0.2, 0) is 0 Å². The Kier molecular flexibility index (Phi) is 16.0. The van der Waals surface area contributed by atoms with Crippen LogP contribution in [0, 0.1) is 0 Å². The van der Waals surface area contributed by atoms with Crippen LogP contribution < -0.4 is 0 Å². The highest BCUT2D eigenvalue weighted by Crippen LogP contribution is 2.46. The van der Waals surface area contributed by atoms with Crippen molar-refractivity contribution < 1.29 is 0 Å². The van der Waals surface area contributed by atoms with Crippen LogP contribution in [0.1, 0.15) is 0 Å².